The van der Waals surface area contributed by atoms with Crippen LogP contribution in [-0.4, -0.2) is 12.4 Å². The van der Waals surface area contributed by atoms with E-state index in [2.05, 4.69) is 16.1 Å². The molecule has 4 heteroatoms. The van der Waals surface area contributed by atoms with Gasteiger partial charge in [-0.25, -0.2) is 9.59 Å². The van der Waals surface area contributed by atoms with Crippen LogP contribution in [0.5, 0.6) is 5.75 Å². The Bertz CT molecular complexity index is 357. The summed E-state index contributed by atoms with van der Waals surface area (Å²) in [4.78, 5) is 21.2. The van der Waals surface area contributed by atoms with E-state index in [1.165, 1.54) is 18.6 Å². The molecule has 0 N–H and O–H groups in total. The van der Waals surface area contributed by atoms with E-state index in [1.54, 1.807) is 12.1 Å². The van der Waals surface area contributed by atoms with Crippen molar-refractivity contribution >= 4 is 12.4 Å². The van der Waals surface area contributed by atoms with Gasteiger partial charge in [0, 0.05) is 0 Å². The fourth-order valence-corrected chi connectivity index (χ4v) is 0.908. The van der Waals surface area contributed by atoms with Crippen LogP contribution in [0.1, 0.15) is 10.4 Å². The van der Waals surface area contributed by atoms with Crippen molar-refractivity contribution in [1.82, 2.24) is 0 Å². The van der Waals surface area contributed by atoms with Gasteiger partial charge < -0.3 is 9.47 Å². The summed E-state index contributed by atoms with van der Waals surface area (Å²) >= 11 is 0. The Labute approximate surface area is 80.8 Å². The number of carbonyl (C=O) groups is 1. The molecule has 0 unspecified atom stereocenters. The summed E-state index contributed by atoms with van der Waals surface area (Å²) < 4.78 is 8.99. The van der Waals surface area contributed by atoms with Crippen LogP contribution in [0.4, 0.5) is 0 Å². The smallest absolute Gasteiger partial charge is 0.423 e. The average Bonchev–Trinajstić information content (AvgIpc) is 2.19. The van der Waals surface area contributed by atoms with Crippen molar-refractivity contribution in [3.63, 3.8) is 0 Å². The predicted molar refractivity (Wildman–Crippen MR) is 48.4 cm³/mol. The molecular formula is C10H7O4. The second kappa shape index (κ2) is 4.81. The number of hydrogen-bond acceptors (Lipinski definition) is 4. The summed E-state index contributed by atoms with van der Waals surface area (Å²) in [6.45, 7) is 4.48. The Morgan fingerprint density at radius 2 is 2.14 bits per heavy atom. The highest BCUT2D eigenvalue weighted by Gasteiger charge is 2.12. The van der Waals surface area contributed by atoms with Gasteiger partial charge in [-0.15, -0.1) is 0 Å². The lowest BCUT2D eigenvalue weighted by Gasteiger charge is -2.03. The number of esters is 1. The van der Waals surface area contributed by atoms with E-state index in [0.717, 1.165) is 6.26 Å². The molecule has 0 atom stereocenters. The minimum atomic E-state index is -0.633. The summed E-state index contributed by atoms with van der Waals surface area (Å²) in [6.07, 6.45) is 1.00. The van der Waals surface area contributed by atoms with Crippen molar-refractivity contribution in [2.45, 2.75) is 0 Å². The lowest BCUT2D eigenvalue weighted by molar-refractivity contribution is 0.0662. The van der Waals surface area contributed by atoms with Crippen LogP contribution in [0.25, 0.3) is 0 Å². The number of benzene rings is 1. The molecule has 0 saturated carbocycles. The Morgan fingerprint density at radius 1 is 1.43 bits per heavy atom. The quantitative estimate of drug-likeness (QED) is 0.533. The van der Waals surface area contributed by atoms with Crippen LogP contribution >= 0.6 is 0 Å². The third-order valence-electron chi connectivity index (χ3n) is 1.45. The van der Waals surface area contributed by atoms with Gasteiger partial charge in [-0.2, -0.15) is 0 Å². The SMILES string of the molecule is C=COC(=O)c1ccccc1O[C]=O. The maximum Gasteiger partial charge on any atom is 0.423 e. The fourth-order valence-electron chi connectivity index (χ4n) is 0.908. The highest BCUT2D eigenvalue weighted by molar-refractivity contribution is 5.93. The van der Waals surface area contributed by atoms with E-state index in [-0.39, 0.29) is 11.3 Å². The molecular weight excluding hydrogens is 184 g/mol. The van der Waals surface area contributed by atoms with Crippen molar-refractivity contribution in [2.75, 3.05) is 0 Å². The second-order valence-electron chi connectivity index (χ2n) is 2.25. The standard InChI is InChI=1S/C10H7O4/c1-2-13-10(12)8-5-3-4-6-9(8)14-7-11/h2-6H,1H2. The van der Waals surface area contributed by atoms with Gasteiger partial charge in [0.2, 0.25) is 0 Å². The normalized spacial score (nSPS) is 8.86. The zero-order chi connectivity index (χ0) is 10.4. The molecule has 0 fully saturated rings. The van der Waals surface area contributed by atoms with Gasteiger partial charge in [0.05, 0.1) is 6.26 Å². The maximum atomic E-state index is 11.2. The van der Waals surface area contributed by atoms with Gasteiger partial charge in [-0.1, -0.05) is 18.7 Å². The van der Waals surface area contributed by atoms with E-state index in [4.69, 9.17) is 0 Å². The third kappa shape index (κ3) is 2.20. The zero-order valence-corrected chi connectivity index (χ0v) is 7.23. The van der Waals surface area contributed by atoms with Gasteiger partial charge in [0.25, 0.3) is 0 Å². The monoisotopic (exact) mass is 191 g/mol. The molecule has 1 radical (unpaired) electrons. The lowest BCUT2D eigenvalue weighted by Crippen LogP contribution is -2.03. The summed E-state index contributed by atoms with van der Waals surface area (Å²) in [6, 6.07) is 6.18. The van der Waals surface area contributed by atoms with Crippen LogP contribution in [-0.2, 0) is 9.53 Å². The maximum absolute atomic E-state index is 11.2. The zero-order valence-electron chi connectivity index (χ0n) is 7.23. The summed E-state index contributed by atoms with van der Waals surface area (Å²) in [7, 11) is 0. The van der Waals surface area contributed by atoms with Crippen LogP contribution in [0.3, 0.4) is 0 Å². The van der Waals surface area contributed by atoms with E-state index in [1.807, 2.05) is 0 Å². The summed E-state index contributed by atoms with van der Waals surface area (Å²) in [5.41, 5.74) is 0.149. The molecule has 4 nitrogen and oxygen atoms in total. The molecule has 71 valence electrons. The van der Waals surface area contributed by atoms with Gasteiger partial charge in [0.1, 0.15) is 11.3 Å². The molecule has 0 saturated heterocycles. The van der Waals surface area contributed by atoms with Crippen molar-refractivity contribution in [2.24, 2.45) is 0 Å². The second-order valence-corrected chi connectivity index (χ2v) is 2.25. The summed E-state index contributed by atoms with van der Waals surface area (Å²) in [5.74, 6) is -0.528. The minimum Gasteiger partial charge on any atom is -0.431 e. The first-order chi connectivity index (χ1) is 6.79. The molecule has 0 aromatic heterocycles. The first-order valence-electron chi connectivity index (χ1n) is 3.74. The molecule has 0 aliphatic carbocycles. The Morgan fingerprint density at radius 3 is 2.79 bits per heavy atom. The van der Waals surface area contributed by atoms with Crippen LogP contribution in [0, 0.1) is 0 Å². The van der Waals surface area contributed by atoms with E-state index < -0.39 is 5.97 Å². The van der Waals surface area contributed by atoms with Gasteiger partial charge in [0.15, 0.2) is 0 Å². The average molecular weight is 191 g/mol. The topological polar surface area (TPSA) is 52.6 Å². The summed E-state index contributed by atoms with van der Waals surface area (Å²) in [5, 5.41) is 0. The number of carbonyl (C=O) groups excluding carboxylic acids is 2. The van der Waals surface area contributed by atoms with E-state index in [0.29, 0.717) is 0 Å². The van der Waals surface area contributed by atoms with Crippen LogP contribution in [0.2, 0.25) is 0 Å². The van der Waals surface area contributed by atoms with Crippen LogP contribution in [0.15, 0.2) is 37.1 Å². The Hall–Kier alpha value is -2.10. The Balaban J connectivity index is 2.99. The molecule has 1 rings (SSSR count). The number of para-hydroxylation sites is 1. The first kappa shape index (κ1) is 9.98. The van der Waals surface area contributed by atoms with Crippen molar-refractivity contribution in [1.29, 1.82) is 0 Å². The number of hydrogen-bond donors (Lipinski definition) is 0. The molecule has 0 heterocycles. The molecule has 0 aliphatic rings. The van der Waals surface area contributed by atoms with E-state index in [9.17, 15) is 9.59 Å². The fraction of sp³-hybridized carbons (Fsp3) is 0. The molecule has 14 heavy (non-hydrogen) atoms. The van der Waals surface area contributed by atoms with E-state index >= 15 is 0 Å². The first-order valence-corrected chi connectivity index (χ1v) is 3.74. The van der Waals surface area contributed by atoms with Crippen molar-refractivity contribution in [3.8, 4) is 5.75 Å². The van der Waals surface area contributed by atoms with Gasteiger partial charge in [-0.3, -0.25) is 0 Å². The number of ether oxygens (including phenoxy) is 2. The Kier molecular flexibility index (Phi) is 3.43. The van der Waals surface area contributed by atoms with Gasteiger partial charge in [-0.05, 0) is 12.1 Å². The third-order valence-corrected chi connectivity index (χ3v) is 1.45. The molecule has 0 amide bonds. The van der Waals surface area contributed by atoms with Crippen LogP contribution < -0.4 is 4.74 Å². The molecule has 0 aliphatic heterocycles. The minimum absolute atomic E-state index is 0.106. The number of rotatable bonds is 4. The predicted octanol–water partition coefficient (Wildman–Crippen LogP) is 1.43. The van der Waals surface area contributed by atoms with Crippen molar-refractivity contribution in [3.05, 3.63) is 42.7 Å². The molecule has 1 aromatic rings. The highest BCUT2D eigenvalue weighted by Crippen LogP contribution is 2.18. The highest BCUT2D eigenvalue weighted by atomic mass is 16.5. The largest absolute Gasteiger partial charge is 0.431 e. The molecule has 0 spiro atoms. The van der Waals surface area contributed by atoms with Crippen molar-refractivity contribution < 1.29 is 19.1 Å². The lowest BCUT2D eigenvalue weighted by atomic mass is 10.2. The van der Waals surface area contributed by atoms with Gasteiger partial charge >= 0.3 is 12.4 Å². The molecule has 0 bridgehead atoms. The molecule has 1 aromatic carbocycles.